The molecule has 6 heteroatoms. The van der Waals surface area contributed by atoms with Gasteiger partial charge in [0.15, 0.2) is 0 Å². The van der Waals surface area contributed by atoms with Gasteiger partial charge in [-0.25, -0.2) is 18.4 Å². The monoisotopic (exact) mass is 222 g/mol. The zero-order valence-corrected chi connectivity index (χ0v) is 8.51. The molecule has 84 valence electrons. The van der Waals surface area contributed by atoms with Gasteiger partial charge < -0.3 is 5.73 Å². The molecule has 0 saturated carbocycles. The van der Waals surface area contributed by atoms with Gasteiger partial charge in [0.2, 0.25) is 0 Å². The van der Waals surface area contributed by atoms with E-state index in [1.165, 1.54) is 23.1 Å². The van der Waals surface area contributed by atoms with Gasteiger partial charge in [0, 0.05) is 6.54 Å². The number of benzene rings is 1. The molecule has 0 aliphatic heterocycles. The van der Waals surface area contributed by atoms with Gasteiger partial charge in [0.1, 0.15) is 12.1 Å². The van der Waals surface area contributed by atoms with Crippen LogP contribution in [0.5, 0.6) is 0 Å². The van der Waals surface area contributed by atoms with Crippen LogP contribution < -0.4 is 11.4 Å². The second kappa shape index (κ2) is 4.28. The third-order valence-electron chi connectivity index (χ3n) is 2.19. The molecule has 0 spiro atoms. The molecule has 2 rings (SSSR count). The first-order chi connectivity index (χ1) is 7.74. The molecule has 2 aromatic rings. The van der Waals surface area contributed by atoms with Crippen LogP contribution in [0.4, 0.5) is 4.39 Å². The summed E-state index contributed by atoms with van der Waals surface area (Å²) in [5, 5.41) is 3.84. The maximum atomic E-state index is 13.4. The number of aromatic nitrogens is 3. The zero-order chi connectivity index (χ0) is 11.5. The van der Waals surface area contributed by atoms with Crippen LogP contribution in [0.3, 0.4) is 0 Å². The number of halogens is 1. The Hall–Kier alpha value is -1.95. The van der Waals surface area contributed by atoms with E-state index in [9.17, 15) is 9.18 Å². The van der Waals surface area contributed by atoms with Crippen molar-refractivity contribution in [1.82, 2.24) is 14.3 Å². The summed E-state index contributed by atoms with van der Waals surface area (Å²) in [6.07, 6.45) is 1.29. The van der Waals surface area contributed by atoms with Gasteiger partial charge in [0.05, 0.1) is 12.2 Å². The maximum Gasteiger partial charge on any atom is 0.350 e. The highest BCUT2D eigenvalue weighted by atomic mass is 19.1. The van der Waals surface area contributed by atoms with E-state index in [0.717, 1.165) is 4.57 Å². The Labute approximate surface area is 90.9 Å². The average molecular weight is 222 g/mol. The van der Waals surface area contributed by atoms with Crippen molar-refractivity contribution in [2.45, 2.75) is 6.54 Å². The van der Waals surface area contributed by atoms with Gasteiger partial charge in [-0.1, -0.05) is 12.1 Å². The molecular formula is C10H11FN4O. The van der Waals surface area contributed by atoms with E-state index < -0.39 is 11.5 Å². The second-order valence-corrected chi connectivity index (χ2v) is 3.25. The smallest absolute Gasteiger partial charge is 0.329 e. The lowest BCUT2D eigenvalue weighted by Gasteiger charge is -2.00. The second-order valence-electron chi connectivity index (χ2n) is 3.25. The van der Waals surface area contributed by atoms with Crippen molar-refractivity contribution >= 4 is 0 Å². The predicted octanol–water partition coefficient (Wildman–Crippen LogP) is 0.132. The van der Waals surface area contributed by atoms with Gasteiger partial charge in [-0.3, -0.25) is 0 Å². The summed E-state index contributed by atoms with van der Waals surface area (Å²) in [4.78, 5) is 11.8. The van der Waals surface area contributed by atoms with E-state index in [1.54, 1.807) is 12.1 Å². The average Bonchev–Trinajstić information content (AvgIpc) is 2.62. The summed E-state index contributed by atoms with van der Waals surface area (Å²) in [5.74, 6) is -0.461. The van der Waals surface area contributed by atoms with Crippen molar-refractivity contribution in [2.24, 2.45) is 5.73 Å². The Morgan fingerprint density at radius 1 is 1.38 bits per heavy atom. The lowest BCUT2D eigenvalue weighted by atomic mass is 10.3. The third-order valence-corrected chi connectivity index (χ3v) is 2.19. The van der Waals surface area contributed by atoms with Gasteiger partial charge in [-0.05, 0) is 12.1 Å². The first-order valence-electron chi connectivity index (χ1n) is 4.83. The van der Waals surface area contributed by atoms with Crippen LogP contribution in [0, 0.1) is 5.82 Å². The van der Waals surface area contributed by atoms with E-state index in [4.69, 9.17) is 5.73 Å². The highest BCUT2D eigenvalue weighted by Gasteiger charge is 2.09. The molecule has 1 aromatic heterocycles. The van der Waals surface area contributed by atoms with Gasteiger partial charge >= 0.3 is 5.69 Å². The molecule has 0 aliphatic carbocycles. The minimum Gasteiger partial charge on any atom is -0.329 e. The fourth-order valence-electron chi connectivity index (χ4n) is 1.43. The van der Waals surface area contributed by atoms with Gasteiger partial charge in [0.25, 0.3) is 0 Å². The summed E-state index contributed by atoms with van der Waals surface area (Å²) in [6, 6.07) is 6.03. The molecule has 0 saturated heterocycles. The molecule has 0 unspecified atom stereocenters. The fraction of sp³-hybridized carbons (Fsp3) is 0.200. The Balaban J connectivity index is 2.50. The zero-order valence-electron chi connectivity index (χ0n) is 8.51. The normalized spacial score (nSPS) is 10.6. The number of para-hydroxylation sites is 1. The summed E-state index contributed by atoms with van der Waals surface area (Å²) in [5.41, 5.74) is 5.12. The standard InChI is InChI=1S/C10H11FN4O/c11-8-3-1-2-4-9(8)14-7-13-15(6-5-12)10(14)16/h1-4,7H,5-6,12H2. The molecule has 0 fully saturated rings. The third kappa shape index (κ3) is 1.74. The van der Waals surface area contributed by atoms with Crippen molar-refractivity contribution in [3.05, 3.63) is 46.9 Å². The number of hydrogen-bond donors (Lipinski definition) is 1. The number of rotatable bonds is 3. The number of nitrogens with zero attached hydrogens (tertiary/aromatic N) is 3. The Kier molecular flexibility index (Phi) is 2.82. The number of nitrogens with two attached hydrogens (primary N) is 1. The molecule has 16 heavy (non-hydrogen) atoms. The van der Waals surface area contributed by atoms with Crippen LogP contribution in [0.15, 0.2) is 35.4 Å². The summed E-state index contributed by atoms with van der Waals surface area (Å²) in [7, 11) is 0. The topological polar surface area (TPSA) is 65.8 Å². The Morgan fingerprint density at radius 3 is 2.81 bits per heavy atom. The van der Waals surface area contributed by atoms with Crippen LogP contribution in [0.1, 0.15) is 0 Å². The Morgan fingerprint density at radius 2 is 2.12 bits per heavy atom. The molecule has 0 aliphatic rings. The van der Waals surface area contributed by atoms with Gasteiger partial charge in [-0.2, -0.15) is 5.10 Å². The van der Waals surface area contributed by atoms with Gasteiger partial charge in [-0.15, -0.1) is 0 Å². The van der Waals surface area contributed by atoms with Crippen LogP contribution in [0.2, 0.25) is 0 Å². The van der Waals surface area contributed by atoms with Crippen molar-refractivity contribution in [3.8, 4) is 5.69 Å². The quantitative estimate of drug-likeness (QED) is 0.802. The van der Waals surface area contributed by atoms with E-state index in [-0.39, 0.29) is 5.69 Å². The first-order valence-corrected chi connectivity index (χ1v) is 4.83. The molecule has 2 N–H and O–H groups in total. The lowest BCUT2D eigenvalue weighted by molar-refractivity contribution is 0.591. The predicted molar refractivity (Wildman–Crippen MR) is 56.8 cm³/mol. The molecule has 0 bridgehead atoms. The largest absolute Gasteiger partial charge is 0.350 e. The van der Waals surface area contributed by atoms with Crippen molar-refractivity contribution in [1.29, 1.82) is 0 Å². The van der Waals surface area contributed by atoms with Crippen LogP contribution in [0.25, 0.3) is 5.69 Å². The van der Waals surface area contributed by atoms with Crippen LogP contribution in [-0.2, 0) is 6.54 Å². The molecule has 0 atom stereocenters. The minimum atomic E-state index is -0.461. The molecule has 0 radical (unpaired) electrons. The molecule has 5 nitrogen and oxygen atoms in total. The van der Waals surface area contributed by atoms with E-state index in [0.29, 0.717) is 13.1 Å². The molecule has 0 amide bonds. The van der Waals surface area contributed by atoms with Crippen molar-refractivity contribution in [3.63, 3.8) is 0 Å². The van der Waals surface area contributed by atoms with Crippen LogP contribution in [-0.4, -0.2) is 20.9 Å². The van der Waals surface area contributed by atoms with E-state index >= 15 is 0 Å². The molecular weight excluding hydrogens is 211 g/mol. The summed E-state index contributed by atoms with van der Waals surface area (Å²) >= 11 is 0. The van der Waals surface area contributed by atoms with Crippen molar-refractivity contribution < 1.29 is 4.39 Å². The molecule has 1 aromatic carbocycles. The number of hydrogen-bond acceptors (Lipinski definition) is 3. The summed E-state index contributed by atoms with van der Waals surface area (Å²) < 4.78 is 15.8. The highest BCUT2D eigenvalue weighted by Crippen LogP contribution is 2.09. The Bertz CT molecular complexity index is 546. The van der Waals surface area contributed by atoms with E-state index in [1.807, 2.05) is 0 Å². The minimum absolute atomic E-state index is 0.191. The van der Waals surface area contributed by atoms with E-state index in [2.05, 4.69) is 5.10 Å². The van der Waals surface area contributed by atoms with Crippen molar-refractivity contribution in [2.75, 3.05) is 6.54 Å². The first kappa shape index (κ1) is 10.6. The SMILES string of the molecule is NCCn1ncn(-c2ccccc2F)c1=O. The lowest BCUT2D eigenvalue weighted by Crippen LogP contribution is -2.27. The molecule has 1 heterocycles. The maximum absolute atomic E-state index is 13.4. The fourth-order valence-corrected chi connectivity index (χ4v) is 1.43. The van der Waals surface area contributed by atoms with Crippen LogP contribution >= 0.6 is 0 Å². The highest BCUT2D eigenvalue weighted by molar-refractivity contribution is 5.32. The summed E-state index contributed by atoms with van der Waals surface area (Å²) in [6.45, 7) is 0.633.